The summed E-state index contributed by atoms with van der Waals surface area (Å²) in [5, 5.41) is 5.71. The summed E-state index contributed by atoms with van der Waals surface area (Å²) < 4.78 is 27.9. The number of amides is 2. The predicted molar refractivity (Wildman–Crippen MR) is 89.3 cm³/mol. The molecule has 1 aliphatic heterocycles. The quantitative estimate of drug-likeness (QED) is 0.828. The van der Waals surface area contributed by atoms with Crippen LogP contribution in [0.3, 0.4) is 0 Å². The van der Waals surface area contributed by atoms with Crippen molar-refractivity contribution in [2.24, 2.45) is 5.92 Å². The van der Waals surface area contributed by atoms with Crippen LogP contribution in [0.5, 0.6) is 5.75 Å². The molecule has 1 aliphatic rings. The molecule has 7 heteroatoms. The van der Waals surface area contributed by atoms with E-state index in [0.717, 1.165) is 17.7 Å². The van der Waals surface area contributed by atoms with E-state index in [1.807, 2.05) is 31.2 Å². The van der Waals surface area contributed by atoms with Gasteiger partial charge in [-0.05, 0) is 36.5 Å². The lowest BCUT2D eigenvalue weighted by Gasteiger charge is -2.19. The summed E-state index contributed by atoms with van der Waals surface area (Å²) in [5.74, 6) is 1.19. The van der Waals surface area contributed by atoms with Gasteiger partial charge in [0.1, 0.15) is 5.75 Å². The second-order valence-corrected chi connectivity index (χ2v) is 8.09. The van der Waals surface area contributed by atoms with Crippen molar-refractivity contribution in [2.75, 3.05) is 25.2 Å². The first-order chi connectivity index (χ1) is 10.9. The molecule has 1 aromatic rings. The Labute approximate surface area is 137 Å². The number of carbonyl (C=O) groups excluding carboxylic acids is 1. The highest BCUT2D eigenvalue weighted by Crippen LogP contribution is 2.20. The maximum atomic E-state index is 12.0. The van der Waals surface area contributed by atoms with E-state index in [4.69, 9.17) is 4.74 Å². The topological polar surface area (TPSA) is 84.5 Å². The molecule has 2 atom stereocenters. The van der Waals surface area contributed by atoms with Crippen molar-refractivity contribution < 1.29 is 17.9 Å². The minimum absolute atomic E-state index is 0.0202. The van der Waals surface area contributed by atoms with E-state index in [2.05, 4.69) is 10.6 Å². The van der Waals surface area contributed by atoms with Gasteiger partial charge in [-0.2, -0.15) is 0 Å². The molecule has 1 fully saturated rings. The van der Waals surface area contributed by atoms with Crippen LogP contribution in [0.4, 0.5) is 4.79 Å². The molecule has 0 aliphatic carbocycles. The molecule has 1 saturated heterocycles. The van der Waals surface area contributed by atoms with Gasteiger partial charge in [0.25, 0.3) is 0 Å². The summed E-state index contributed by atoms with van der Waals surface area (Å²) >= 11 is 0. The maximum absolute atomic E-state index is 12.0. The van der Waals surface area contributed by atoms with Gasteiger partial charge in [0.2, 0.25) is 0 Å². The molecule has 1 heterocycles. The average molecular weight is 340 g/mol. The summed E-state index contributed by atoms with van der Waals surface area (Å²) in [6.07, 6.45) is 1.38. The van der Waals surface area contributed by atoms with Gasteiger partial charge in [-0.1, -0.05) is 19.1 Å². The number of nitrogens with one attached hydrogen (secondary N) is 2. The number of methoxy groups -OCH3 is 1. The van der Waals surface area contributed by atoms with E-state index in [9.17, 15) is 13.2 Å². The molecule has 0 bridgehead atoms. The Morgan fingerprint density at radius 1 is 1.35 bits per heavy atom. The summed E-state index contributed by atoms with van der Waals surface area (Å²) in [7, 11) is -1.29. The van der Waals surface area contributed by atoms with E-state index in [1.165, 1.54) is 0 Å². The van der Waals surface area contributed by atoms with Crippen LogP contribution in [0.1, 0.15) is 31.4 Å². The van der Waals surface area contributed by atoms with E-state index in [1.54, 1.807) is 7.11 Å². The normalized spacial score (nSPS) is 20.7. The Morgan fingerprint density at radius 3 is 2.57 bits per heavy atom. The van der Waals surface area contributed by atoms with Crippen LogP contribution in [0.25, 0.3) is 0 Å². The Kier molecular flexibility index (Phi) is 5.87. The van der Waals surface area contributed by atoms with E-state index < -0.39 is 9.84 Å². The molecule has 0 spiro atoms. The zero-order chi connectivity index (χ0) is 16.9. The molecule has 1 aromatic carbocycles. The molecular weight excluding hydrogens is 316 g/mol. The van der Waals surface area contributed by atoms with Crippen LogP contribution >= 0.6 is 0 Å². The van der Waals surface area contributed by atoms with Crippen molar-refractivity contribution in [1.29, 1.82) is 0 Å². The Bertz CT molecular complexity index is 628. The standard InChI is InChI=1S/C16H24N2O4S/c1-3-15(13-4-6-14(22-2)7-5-13)18-16(19)17-10-12-8-9-23(20,21)11-12/h4-7,12,15H,3,8-11H2,1-2H3,(H2,17,18,19)/t12-,15-/m1/s1. The van der Waals surface area contributed by atoms with Crippen molar-refractivity contribution in [3.8, 4) is 5.75 Å². The molecule has 0 unspecified atom stereocenters. The summed E-state index contributed by atoms with van der Waals surface area (Å²) in [6, 6.07) is 7.22. The lowest BCUT2D eigenvalue weighted by Crippen LogP contribution is -2.40. The highest BCUT2D eigenvalue weighted by Gasteiger charge is 2.28. The van der Waals surface area contributed by atoms with Crippen molar-refractivity contribution in [1.82, 2.24) is 10.6 Å². The fourth-order valence-corrected chi connectivity index (χ4v) is 4.60. The minimum atomic E-state index is -2.90. The van der Waals surface area contributed by atoms with Gasteiger partial charge in [0.15, 0.2) is 9.84 Å². The van der Waals surface area contributed by atoms with Gasteiger partial charge in [-0.3, -0.25) is 0 Å². The van der Waals surface area contributed by atoms with Crippen LogP contribution < -0.4 is 15.4 Å². The number of urea groups is 1. The third kappa shape index (κ3) is 5.13. The SMILES string of the molecule is CC[C@@H](NC(=O)NC[C@H]1CCS(=O)(=O)C1)c1ccc(OC)cc1. The van der Waals surface area contributed by atoms with Crippen LogP contribution in [0.15, 0.2) is 24.3 Å². The second kappa shape index (κ2) is 7.68. The fourth-order valence-electron chi connectivity index (χ4n) is 2.74. The van der Waals surface area contributed by atoms with E-state index >= 15 is 0 Å². The second-order valence-electron chi connectivity index (χ2n) is 5.86. The number of sulfone groups is 1. The van der Waals surface area contributed by atoms with Crippen LogP contribution in [0.2, 0.25) is 0 Å². The molecule has 23 heavy (non-hydrogen) atoms. The third-order valence-corrected chi connectivity index (χ3v) is 5.95. The Morgan fingerprint density at radius 2 is 2.04 bits per heavy atom. The highest BCUT2D eigenvalue weighted by atomic mass is 32.2. The smallest absolute Gasteiger partial charge is 0.315 e. The van der Waals surface area contributed by atoms with Crippen molar-refractivity contribution in [2.45, 2.75) is 25.8 Å². The fraction of sp³-hybridized carbons (Fsp3) is 0.562. The lowest BCUT2D eigenvalue weighted by molar-refractivity contribution is 0.235. The number of ether oxygens (including phenoxy) is 1. The van der Waals surface area contributed by atoms with E-state index in [0.29, 0.717) is 13.0 Å². The largest absolute Gasteiger partial charge is 0.497 e. The number of carbonyl (C=O) groups is 1. The van der Waals surface area contributed by atoms with Gasteiger partial charge in [0, 0.05) is 6.54 Å². The molecular formula is C16H24N2O4S. The monoisotopic (exact) mass is 340 g/mol. The maximum Gasteiger partial charge on any atom is 0.315 e. The zero-order valence-electron chi connectivity index (χ0n) is 13.5. The van der Waals surface area contributed by atoms with Gasteiger partial charge in [0.05, 0.1) is 24.7 Å². The molecule has 2 amide bonds. The molecule has 2 N–H and O–H groups in total. The average Bonchev–Trinajstić information content (AvgIpc) is 2.90. The first kappa shape index (κ1) is 17.6. The molecule has 0 radical (unpaired) electrons. The van der Waals surface area contributed by atoms with Gasteiger partial charge in [-0.25, -0.2) is 13.2 Å². The first-order valence-electron chi connectivity index (χ1n) is 7.82. The number of benzene rings is 1. The number of hydrogen-bond acceptors (Lipinski definition) is 4. The summed E-state index contributed by atoms with van der Waals surface area (Å²) in [4.78, 5) is 12.0. The van der Waals surface area contributed by atoms with Crippen molar-refractivity contribution in [3.63, 3.8) is 0 Å². The van der Waals surface area contributed by atoms with E-state index in [-0.39, 0.29) is 29.5 Å². The predicted octanol–water partition coefficient (Wildman–Crippen LogP) is 1.88. The van der Waals surface area contributed by atoms with Gasteiger partial charge in [-0.15, -0.1) is 0 Å². The zero-order valence-corrected chi connectivity index (χ0v) is 14.4. The Hall–Kier alpha value is -1.76. The lowest BCUT2D eigenvalue weighted by atomic mass is 10.0. The molecule has 128 valence electrons. The third-order valence-electron chi connectivity index (χ3n) is 4.11. The van der Waals surface area contributed by atoms with Gasteiger partial charge < -0.3 is 15.4 Å². The number of rotatable bonds is 6. The van der Waals surface area contributed by atoms with Gasteiger partial charge >= 0.3 is 6.03 Å². The Balaban J connectivity index is 1.84. The molecule has 0 aromatic heterocycles. The van der Waals surface area contributed by atoms with Crippen LogP contribution in [0, 0.1) is 5.92 Å². The highest BCUT2D eigenvalue weighted by molar-refractivity contribution is 7.91. The molecule has 0 saturated carbocycles. The minimum Gasteiger partial charge on any atom is -0.497 e. The summed E-state index contributed by atoms with van der Waals surface area (Å²) in [5.41, 5.74) is 1.01. The number of hydrogen-bond donors (Lipinski definition) is 2. The first-order valence-corrected chi connectivity index (χ1v) is 9.64. The van der Waals surface area contributed by atoms with Crippen molar-refractivity contribution >= 4 is 15.9 Å². The summed E-state index contributed by atoms with van der Waals surface area (Å²) in [6.45, 7) is 2.39. The van der Waals surface area contributed by atoms with Crippen LogP contribution in [-0.4, -0.2) is 39.6 Å². The molecule has 6 nitrogen and oxygen atoms in total. The van der Waals surface area contributed by atoms with Crippen molar-refractivity contribution in [3.05, 3.63) is 29.8 Å². The molecule has 2 rings (SSSR count). The van der Waals surface area contributed by atoms with Crippen LogP contribution in [-0.2, 0) is 9.84 Å².